The summed E-state index contributed by atoms with van der Waals surface area (Å²) in [5.74, 6) is 0.482. The van der Waals surface area contributed by atoms with Crippen LogP contribution in [0.1, 0.15) is 30.3 Å². The van der Waals surface area contributed by atoms with Crippen molar-refractivity contribution in [1.82, 2.24) is 25.7 Å². The molecule has 3 atom stereocenters. The van der Waals surface area contributed by atoms with Crippen LogP contribution in [0.2, 0.25) is 0 Å². The van der Waals surface area contributed by atoms with Crippen molar-refractivity contribution >= 4 is 10.8 Å². The number of fused-ring (bicyclic) bond motifs is 1. The van der Waals surface area contributed by atoms with Crippen LogP contribution in [0.15, 0.2) is 61.1 Å². The van der Waals surface area contributed by atoms with Gasteiger partial charge in [-0.25, -0.2) is 15.4 Å². The maximum atomic E-state index is 4.41. The van der Waals surface area contributed by atoms with Crippen LogP contribution in [-0.2, 0) is 0 Å². The molecule has 5 nitrogen and oxygen atoms in total. The lowest BCUT2D eigenvalue weighted by Crippen LogP contribution is -2.32. The van der Waals surface area contributed by atoms with Gasteiger partial charge in [-0.05, 0) is 36.4 Å². The molecule has 1 aromatic heterocycles. The van der Waals surface area contributed by atoms with Gasteiger partial charge in [-0.3, -0.25) is 10.3 Å². The fraction of sp³-hybridized carbons (Fsp3) is 0.333. The zero-order valence-electron chi connectivity index (χ0n) is 15.3. The lowest BCUT2D eigenvalue weighted by Gasteiger charge is -2.29. The average molecular weight is 347 g/mol. The van der Waals surface area contributed by atoms with E-state index in [1.807, 2.05) is 12.3 Å². The van der Waals surface area contributed by atoms with Crippen LogP contribution in [0.3, 0.4) is 0 Å². The number of nitrogens with zero attached hydrogens (tertiary/aromatic N) is 3. The third kappa shape index (κ3) is 3.33. The number of nitrogens with one attached hydrogen (secondary N) is 2. The first-order valence-corrected chi connectivity index (χ1v) is 9.16. The third-order valence-electron chi connectivity index (χ3n) is 5.47. The fourth-order valence-corrected chi connectivity index (χ4v) is 3.86. The second-order valence-corrected chi connectivity index (χ2v) is 7.08. The van der Waals surface area contributed by atoms with E-state index in [9.17, 15) is 0 Å². The normalized spacial score (nSPS) is 21.3. The first-order chi connectivity index (χ1) is 12.7. The van der Waals surface area contributed by atoms with Gasteiger partial charge in [-0.2, -0.15) is 0 Å². The van der Waals surface area contributed by atoms with Crippen molar-refractivity contribution in [2.24, 2.45) is 5.92 Å². The number of hydrazine groups is 1. The number of hydrogen-bond donors (Lipinski definition) is 2. The molecule has 1 fully saturated rings. The molecule has 2 aromatic carbocycles. The van der Waals surface area contributed by atoms with Gasteiger partial charge in [0.25, 0.3) is 0 Å². The number of hydrogen-bond acceptors (Lipinski definition) is 5. The molecule has 0 spiro atoms. The zero-order valence-corrected chi connectivity index (χ0v) is 15.3. The number of rotatable bonds is 5. The van der Waals surface area contributed by atoms with E-state index < -0.39 is 0 Å². The third-order valence-corrected chi connectivity index (χ3v) is 5.47. The summed E-state index contributed by atoms with van der Waals surface area (Å²) >= 11 is 0. The van der Waals surface area contributed by atoms with E-state index in [0.29, 0.717) is 12.0 Å². The minimum absolute atomic E-state index is 0.256. The van der Waals surface area contributed by atoms with Crippen LogP contribution in [0.5, 0.6) is 0 Å². The van der Waals surface area contributed by atoms with E-state index >= 15 is 0 Å². The van der Waals surface area contributed by atoms with Gasteiger partial charge in [0.2, 0.25) is 0 Å². The summed E-state index contributed by atoms with van der Waals surface area (Å²) in [5.41, 5.74) is 9.28. The predicted molar refractivity (Wildman–Crippen MR) is 104 cm³/mol. The molecule has 4 rings (SSSR count). The summed E-state index contributed by atoms with van der Waals surface area (Å²) in [6.45, 7) is 4.14. The van der Waals surface area contributed by atoms with Crippen LogP contribution < -0.4 is 10.9 Å². The summed E-state index contributed by atoms with van der Waals surface area (Å²) in [4.78, 5) is 10.8. The van der Waals surface area contributed by atoms with Gasteiger partial charge in [0.05, 0.1) is 11.7 Å². The Morgan fingerprint density at radius 1 is 1.15 bits per heavy atom. The highest BCUT2D eigenvalue weighted by molar-refractivity contribution is 5.86. The lowest BCUT2D eigenvalue weighted by molar-refractivity contribution is 0.212. The van der Waals surface area contributed by atoms with Crippen molar-refractivity contribution in [2.75, 3.05) is 20.1 Å². The van der Waals surface area contributed by atoms with Gasteiger partial charge >= 0.3 is 0 Å². The van der Waals surface area contributed by atoms with Crippen LogP contribution in [0.4, 0.5) is 0 Å². The molecule has 0 amide bonds. The Bertz CT molecular complexity index is 861. The highest BCUT2D eigenvalue weighted by Gasteiger charge is 2.31. The molecule has 1 aliphatic rings. The number of benzene rings is 2. The minimum Gasteiger partial charge on any atom is -0.298 e. The molecule has 0 aliphatic carbocycles. The molecule has 134 valence electrons. The van der Waals surface area contributed by atoms with Gasteiger partial charge in [-0.1, -0.05) is 42.5 Å². The van der Waals surface area contributed by atoms with E-state index in [1.54, 1.807) is 6.33 Å². The Labute approximate surface area is 154 Å². The average Bonchev–Trinajstić information content (AvgIpc) is 3.15. The number of aromatic nitrogens is 2. The molecule has 5 heteroatoms. The summed E-state index contributed by atoms with van der Waals surface area (Å²) in [6, 6.07) is 17.7. The maximum Gasteiger partial charge on any atom is 0.115 e. The highest BCUT2D eigenvalue weighted by Crippen LogP contribution is 2.32. The van der Waals surface area contributed by atoms with E-state index in [4.69, 9.17) is 0 Å². The smallest absolute Gasteiger partial charge is 0.115 e. The highest BCUT2D eigenvalue weighted by atomic mass is 15.4. The molecule has 2 heterocycles. The second-order valence-electron chi connectivity index (χ2n) is 7.08. The largest absolute Gasteiger partial charge is 0.298 e. The first kappa shape index (κ1) is 17.1. The molecule has 1 saturated heterocycles. The zero-order chi connectivity index (χ0) is 17.9. The van der Waals surface area contributed by atoms with Crippen LogP contribution in [0.25, 0.3) is 10.8 Å². The van der Waals surface area contributed by atoms with Gasteiger partial charge in [0.15, 0.2) is 0 Å². The van der Waals surface area contributed by atoms with E-state index in [-0.39, 0.29) is 6.04 Å². The van der Waals surface area contributed by atoms with E-state index in [0.717, 1.165) is 18.8 Å². The molecule has 2 N–H and O–H groups in total. The molecule has 1 aliphatic heterocycles. The van der Waals surface area contributed by atoms with E-state index in [2.05, 4.69) is 82.2 Å². The molecule has 0 saturated carbocycles. The summed E-state index contributed by atoms with van der Waals surface area (Å²) in [6.07, 6.45) is 3.43. The lowest BCUT2D eigenvalue weighted by atomic mass is 9.90. The quantitative estimate of drug-likeness (QED) is 0.743. The SMILES string of the molecule is CC(c1ccncn1)N(C)CC1CNNC1c1cccc2ccccc12. The maximum absolute atomic E-state index is 4.41. The van der Waals surface area contributed by atoms with Gasteiger partial charge in [-0.15, -0.1) is 0 Å². The van der Waals surface area contributed by atoms with Crippen LogP contribution >= 0.6 is 0 Å². The van der Waals surface area contributed by atoms with Crippen molar-refractivity contribution in [3.8, 4) is 0 Å². The Kier molecular flexibility index (Phi) is 4.93. The summed E-state index contributed by atoms with van der Waals surface area (Å²) in [7, 11) is 2.17. The predicted octanol–water partition coefficient (Wildman–Crippen LogP) is 3.09. The molecular weight excluding hydrogens is 322 g/mol. The Morgan fingerprint density at radius 2 is 2.00 bits per heavy atom. The van der Waals surface area contributed by atoms with Crippen molar-refractivity contribution in [3.63, 3.8) is 0 Å². The van der Waals surface area contributed by atoms with Crippen molar-refractivity contribution < 1.29 is 0 Å². The molecule has 26 heavy (non-hydrogen) atoms. The molecule has 3 unspecified atom stereocenters. The standard InChI is InChI=1S/C21H25N5/c1-15(20-10-11-22-14-23-20)26(2)13-17-12-24-25-21(17)19-9-5-7-16-6-3-4-8-18(16)19/h3-11,14-15,17,21,24-25H,12-13H2,1-2H3. The Hall–Kier alpha value is -2.34. The Morgan fingerprint density at radius 3 is 2.85 bits per heavy atom. The van der Waals surface area contributed by atoms with Crippen LogP contribution in [-0.4, -0.2) is 35.0 Å². The summed E-state index contributed by atoms with van der Waals surface area (Å²) in [5, 5.41) is 2.62. The minimum atomic E-state index is 0.256. The first-order valence-electron chi connectivity index (χ1n) is 9.16. The van der Waals surface area contributed by atoms with Crippen molar-refractivity contribution in [3.05, 3.63) is 72.3 Å². The molecule has 0 radical (unpaired) electrons. The van der Waals surface area contributed by atoms with Crippen LogP contribution in [0, 0.1) is 5.92 Å². The van der Waals surface area contributed by atoms with E-state index in [1.165, 1.54) is 16.3 Å². The van der Waals surface area contributed by atoms with Gasteiger partial charge in [0.1, 0.15) is 6.33 Å². The van der Waals surface area contributed by atoms with Crippen molar-refractivity contribution in [1.29, 1.82) is 0 Å². The van der Waals surface area contributed by atoms with Gasteiger partial charge < -0.3 is 0 Å². The van der Waals surface area contributed by atoms with Gasteiger partial charge in [0, 0.05) is 31.2 Å². The Balaban J connectivity index is 1.55. The fourth-order valence-electron chi connectivity index (χ4n) is 3.86. The molecular formula is C21H25N5. The monoisotopic (exact) mass is 347 g/mol. The topological polar surface area (TPSA) is 53.1 Å². The molecule has 0 bridgehead atoms. The second kappa shape index (κ2) is 7.50. The molecule has 3 aromatic rings. The summed E-state index contributed by atoms with van der Waals surface area (Å²) < 4.78 is 0. The van der Waals surface area contributed by atoms with Crippen molar-refractivity contribution in [2.45, 2.75) is 19.0 Å².